The van der Waals surface area contributed by atoms with Crippen molar-refractivity contribution in [2.75, 3.05) is 26.8 Å². The lowest BCUT2D eigenvalue weighted by molar-refractivity contribution is -0.181. The number of aliphatic hydroxyl groups excluding tert-OH is 1. The van der Waals surface area contributed by atoms with Gasteiger partial charge < -0.3 is 24.6 Å². The van der Waals surface area contributed by atoms with Crippen molar-refractivity contribution in [1.29, 1.82) is 0 Å². The van der Waals surface area contributed by atoms with Crippen LogP contribution in [0.4, 0.5) is 0 Å². The second-order valence-corrected chi connectivity index (χ2v) is 6.33. The summed E-state index contributed by atoms with van der Waals surface area (Å²) >= 11 is 0. The van der Waals surface area contributed by atoms with Crippen molar-refractivity contribution in [2.24, 2.45) is 0 Å². The number of nitrogens with zero attached hydrogens (tertiary/aromatic N) is 1. The number of methoxy groups -OCH3 is 1. The lowest BCUT2D eigenvalue weighted by atomic mass is 9.94. The van der Waals surface area contributed by atoms with Crippen molar-refractivity contribution in [3.05, 3.63) is 29.8 Å². The van der Waals surface area contributed by atoms with Crippen molar-refractivity contribution in [3.8, 4) is 5.75 Å². The zero-order valence-corrected chi connectivity index (χ0v) is 14.6. The molecule has 2 fully saturated rings. The van der Waals surface area contributed by atoms with Gasteiger partial charge in [-0.2, -0.15) is 0 Å². The van der Waals surface area contributed by atoms with Crippen LogP contribution >= 0.6 is 0 Å². The van der Waals surface area contributed by atoms with Gasteiger partial charge in [0.2, 0.25) is 0 Å². The molecule has 2 N–H and O–H groups in total. The van der Waals surface area contributed by atoms with Crippen LogP contribution in [0, 0.1) is 0 Å². The Balaban J connectivity index is 1.67. The monoisotopic (exact) mass is 336 g/mol. The minimum Gasteiger partial charge on any atom is -0.497 e. The summed E-state index contributed by atoms with van der Waals surface area (Å²) in [7, 11) is 1.66. The summed E-state index contributed by atoms with van der Waals surface area (Å²) in [4.78, 5) is 2.21. The van der Waals surface area contributed by atoms with Crippen molar-refractivity contribution in [2.45, 2.75) is 51.0 Å². The fourth-order valence-electron chi connectivity index (χ4n) is 3.67. The minimum atomic E-state index is -0.519. The highest BCUT2D eigenvalue weighted by atomic mass is 16.7. The molecule has 2 saturated heterocycles. The topological polar surface area (TPSA) is 63.2 Å². The van der Waals surface area contributed by atoms with Gasteiger partial charge in [-0.1, -0.05) is 26.0 Å². The largest absolute Gasteiger partial charge is 0.497 e. The standard InChI is InChI=1S/C18H28N2O4/c1-4-20(5-2)16-17(21)15(14-11-23-18(16)24-14)19-10-12-6-8-13(22-3)9-7-12/h6-9,14-19,21H,4-5,10-11H2,1-3H3/t14-,15-,16-,17+,18-/m1/s1. The summed E-state index contributed by atoms with van der Waals surface area (Å²) < 4.78 is 17.0. The van der Waals surface area contributed by atoms with Crippen LogP contribution < -0.4 is 10.1 Å². The zero-order chi connectivity index (χ0) is 17.1. The molecule has 0 aliphatic carbocycles. The van der Waals surface area contributed by atoms with E-state index in [0.717, 1.165) is 24.4 Å². The van der Waals surface area contributed by atoms with E-state index < -0.39 is 6.10 Å². The number of rotatable bonds is 7. The molecule has 2 bridgehead atoms. The number of hydrogen-bond acceptors (Lipinski definition) is 6. The van der Waals surface area contributed by atoms with E-state index in [-0.39, 0.29) is 24.5 Å². The third-order valence-electron chi connectivity index (χ3n) is 5.07. The number of benzene rings is 1. The molecule has 6 heteroatoms. The molecule has 0 saturated carbocycles. The maximum absolute atomic E-state index is 10.9. The van der Waals surface area contributed by atoms with Crippen LogP contribution in [0.15, 0.2) is 24.3 Å². The van der Waals surface area contributed by atoms with E-state index in [1.807, 2.05) is 24.3 Å². The molecule has 1 aromatic rings. The van der Waals surface area contributed by atoms with Crippen LogP contribution in [0.5, 0.6) is 5.75 Å². The predicted octanol–water partition coefficient (Wildman–Crippen LogP) is 0.980. The van der Waals surface area contributed by atoms with E-state index in [2.05, 4.69) is 24.1 Å². The van der Waals surface area contributed by atoms with Crippen molar-refractivity contribution >= 4 is 0 Å². The zero-order valence-electron chi connectivity index (χ0n) is 14.6. The molecular formula is C18H28N2O4. The van der Waals surface area contributed by atoms with Crippen LogP contribution in [-0.2, 0) is 16.0 Å². The van der Waals surface area contributed by atoms with Gasteiger partial charge in [-0.25, -0.2) is 0 Å². The summed E-state index contributed by atoms with van der Waals surface area (Å²) in [5, 5.41) is 14.4. The molecule has 0 spiro atoms. The fourth-order valence-corrected chi connectivity index (χ4v) is 3.67. The first-order valence-electron chi connectivity index (χ1n) is 8.73. The maximum Gasteiger partial charge on any atom is 0.176 e. The highest BCUT2D eigenvalue weighted by Gasteiger charge is 2.51. The predicted molar refractivity (Wildman–Crippen MR) is 91.0 cm³/mol. The minimum absolute atomic E-state index is 0.102. The Labute approximate surface area is 143 Å². The normalized spacial score (nSPS) is 32.3. The van der Waals surface area contributed by atoms with E-state index >= 15 is 0 Å². The van der Waals surface area contributed by atoms with Crippen LogP contribution in [0.25, 0.3) is 0 Å². The lowest BCUT2D eigenvalue weighted by Crippen LogP contribution is -2.64. The van der Waals surface area contributed by atoms with Gasteiger partial charge in [0.05, 0.1) is 31.9 Å². The molecule has 1 aromatic carbocycles. The highest BCUT2D eigenvalue weighted by molar-refractivity contribution is 5.27. The number of fused-ring (bicyclic) bond motifs is 2. The van der Waals surface area contributed by atoms with Crippen LogP contribution in [0.3, 0.4) is 0 Å². The molecule has 2 heterocycles. The highest BCUT2D eigenvalue weighted by Crippen LogP contribution is 2.31. The van der Waals surface area contributed by atoms with Gasteiger partial charge in [0.15, 0.2) is 6.29 Å². The Bertz CT molecular complexity index is 518. The summed E-state index contributed by atoms with van der Waals surface area (Å²) in [5.41, 5.74) is 1.14. The molecule has 2 aliphatic heterocycles. The molecule has 134 valence electrons. The van der Waals surface area contributed by atoms with Crippen molar-refractivity contribution < 1.29 is 19.3 Å². The smallest absolute Gasteiger partial charge is 0.176 e. The number of hydrogen-bond donors (Lipinski definition) is 2. The molecule has 0 unspecified atom stereocenters. The Morgan fingerprint density at radius 2 is 1.96 bits per heavy atom. The first-order valence-corrected chi connectivity index (χ1v) is 8.73. The lowest BCUT2D eigenvalue weighted by Gasteiger charge is -2.43. The Morgan fingerprint density at radius 1 is 1.25 bits per heavy atom. The fraction of sp³-hybridized carbons (Fsp3) is 0.667. The van der Waals surface area contributed by atoms with E-state index in [4.69, 9.17) is 14.2 Å². The average Bonchev–Trinajstić information content (AvgIpc) is 3.04. The number of nitrogens with one attached hydrogen (secondary N) is 1. The van der Waals surface area contributed by atoms with E-state index in [1.54, 1.807) is 7.11 Å². The molecule has 5 atom stereocenters. The number of ether oxygens (including phenoxy) is 3. The summed E-state index contributed by atoms with van der Waals surface area (Å²) in [6, 6.07) is 7.66. The van der Waals surface area contributed by atoms with E-state index in [1.165, 1.54) is 0 Å². The summed E-state index contributed by atoms with van der Waals surface area (Å²) in [5.74, 6) is 0.841. The van der Waals surface area contributed by atoms with Crippen molar-refractivity contribution in [3.63, 3.8) is 0 Å². The third-order valence-corrected chi connectivity index (χ3v) is 5.07. The Morgan fingerprint density at radius 3 is 2.58 bits per heavy atom. The maximum atomic E-state index is 10.9. The summed E-state index contributed by atoms with van der Waals surface area (Å²) in [6.45, 7) is 7.10. The molecule has 3 rings (SSSR count). The second kappa shape index (κ2) is 7.80. The number of aliphatic hydroxyl groups is 1. The Hall–Kier alpha value is -1.18. The second-order valence-electron chi connectivity index (χ2n) is 6.33. The van der Waals surface area contributed by atoms with Crippen LogP contribution in [0.1, 0.15) is 19.4 Å². The van der Waals surface area contributed by atoms with Crippen LogP contribution in [0.2, 0.25) is 0 Å². The quantitative estimate of drug-likeness (QED) is 0.774. The average molecular weight is 336 g/mol. The first-order chi connectivity index (χ1) is 11.7. The molecule has 0 amide bonds. The molecule has 0 radical (unpaired) electrons. The molecule has 0 aromatic heterocycles. The van der Waals surface area contributed by atoms with Gasteiger partial charge in [-0.15, -0.1) is 0 Å². The molecular weight excluding hydrogens is 308 g/mol. The molecule has 24 heavy (non-hydrogen) atoms. The third kappa shape index (κ3) is 3.43. The van der Waals surface area contributed by atoms with E-state index in [0.29, 0.717) is 13.2 Å². The SMILES string of the molecule is CCN(CC)[C@H]1[C@@H]2OC[C@@H](O2)[C@@H](NCc2ccc(OC)cc2)[C@@H]1O. The van der Waals surface area contributed by atoms with Gasteiger partial charge in [-0.3, -0.25) is 4.90 Å². The number of likely N-dealkylation sites (N-methyl/N-ethyl adjacent to an activating group) is 1. The van der Waals surface area contributed by atoms with Crippen molar-refractivity contribution in [1.82, 2.24) is 10.2 Å². The molecule has 6 nitrogen and oxygen atoms in total. The van der Waals surface area contributed by atoms with Gasteiger partial charge in [0, 0.05) is 6.54 Å². The van der Waals surface area contributed by atoms with Gasteiger partial charge in [0.25, 0.3) is 0 Å². The first kappa shape index (κ1) is 17.6. The van der Waals surface area contributed by atoms with Gasteiger partial charge in [-0.05, 0) is 30.8 Å². The van der Waals surface area contributed by atoms with Gasteiger partial charge in [0.1, 0.15) is 11.9 Å². The molecule has 2 aliphatic rings. The van der Waals surface area contributed by atoms with Gasteiger partial charge >= 0.3 is 0 Å². The van der Waals surface area contributed by atoms with Crippen LogP contribution in [-0.4, -0.2) is 67.4 Å². The van der Waals surface area contributed by atoms with E-state index in [9.17, 15) is 5.11 Å². The Kier molecular flexibility index (Phi) is 5.73. The summed E-state index contributed by atoms with van der Waals surface area (Å²) in [6.07, 6.45) is -0.951.